The molecule has 4 heterocycles. The molecule has 1 N–H and O–H groups in total. The van der Waals surface area contributed by atoms with Crippen LogP contribution in [-0.2, 0) is 11.3 Å². The molecule has 0 unspecified atom stereocenters. The van der Waals surface area contributed by atoms with Crippen molar-refractivity contribution in [3.63, 3.8) is 0 Å². The molecular weight excluding hydrogens is 340 g/mol. The van der Waals surface area contributed by atoms with Crippen LogP contribution in [0.2, 0.25) is 0 Å². The second-order valence-electron chi connectivity index (χ2n) is 6.97. The fourth-order valence-corrected chi connectivity index (χ4v) is 3.59. The number of nitrogens with one attached hydrogen (secondary N) is 1. The second kappa shape index (κ2) is 6.63. The lowest BCUT2D eigenvalue weighted by atomic mass is 10.1. The van der Waals surface area contributed by atoms with Gasteiger partial charge in [-0.15, -0.1) is 0 Å². The van der Waals surface area contributed by atoms with E-state index in [9.17, 15) is 0 Å². The number of aliphatic imine (C=N–C) groups is 1. The van der Waals surface area contributed by atoms with Crippen molar-refractivity contribution in [1.82, 2.24) is 9.97 Å². The van der Waals surface area contributed by atoms with Gasteiger partial charge in [0.2, 0.25) is 5.88 Å². The molecule has 0 aliphatic carbocycles. The minimum absolute atomic E-state index is 0.0614. The van der Waals surface area contributed by atoms with Gasteiger partial charge in [-0.25, -0.2) is 4.98 Å². The summed E-state index contributed by atoms with van der Waals surface area (Å²) in [5.74, 6) is 1.47. The van der Waals surface area contributed by atoms with E-state index in [0.717, 1.165) is 40.0 Å². The van der Waals surface area contributed by atoms with E-state index in [1.54, 1.807) is 12.4 Å². The van der Waals surface area contributed by atoms with E-state index in [2.05, 4.69) is 39.3 Å². The van der Waals surface area contributed by atoms with Gasteiger partial charge in [0.15, 0.2) is 5.84 Å². The zero-order chi connectivity index (χ0) is 18.2. The third-order valence-corrected chi connectivity index (χ3v) is 4.95. The first-order valence-electron chi connectivity index (χ1n) is 9.19. The number of hydrogen-bond donors (Lipinski definition) is 1. The van der Waals surface area contributed by atoms with Crippen LogP contribution in [0.4, 0.5) is 5.69 Å². The van der Waals surface area contributed by atoms with Crippen LogP contribution in [0, 0.1) is 0 Å². The van der Waals surface area contributed by atoms with Crippen molar-refractivity contribution < 1.29 is 9.47 Å². The fourth-order valence-electron chi connectivity index (χ4n) is 3.59. The molecule has 1 aromatic carbocycles. The Morgan fingerprint density at radius 1 is 1.15 bits per heavy atom. The maximum atomic E-state index is 6.09. The predicted molar refractivity (Wildman–Crippen MR) is 104 cm³/mol. The molecule has 27 heavy (non-hydrogen) atoms. The number of aromatic nitrogens is 2. The van der Waals surface area contributed by atoms with Gasteiger partial charge in [0.05, 0.1) is 19.3 Å². The normalized spacial score (nSPS) is 21.1. The maximum absolute atomic E-state index is 6.09. The first kappa shape index (κ1) is 16.2. The van der Waals surface area contributed by atoms with E-state index in [4.69, 9.17) is 9.47 Å². The van der Waals surface area contributed by atoms with Gasteiger partial charge in [-0.2, -0.15) is 0 Å². The molecule has 0 amide bonds. The SMILES string of the molecule is C[C@H]1C[C@H](Oc2nccc3cc(NC4=NCc5cccnc54)ccc23)CO1. The molecule has 2 aromatic heterocycles. The van der Waals surface area contributed by atoms with E-state index in [0.29, 0.717) is 19.0 Å². The quantitative estimate of drug-likeness (QED) is 0.773. The number of amidine groups is 1. The smallest absolute Gasteiger partial charge is 0.221 e. The van der Waals surface area contributed by atoms with E-state index in [1.807, 2.05) is 24.3 Å². The Labute approximate surface area is 157 Å². The summed E-state index contributed by atoms with van der Waals surface area (Å²) in [5, 5.41) is 5.46. The van der Waals surface area contributed by atoms with Crippen LogP contribution in [0.1, 0.15) is 24.6 Å². The molecule has 136 valence electrons. The van der Waals surface area contributed by atoms with Crippen molar-refractivity contribution >= 4 is 22.3 Å². The van der Waals surface area contributed by atoms with Crippen LogP contribution in [0.15, 0.2) is 53.8 Å². The molecule has 1 fully saturated rings. The summed E-state index contributed by atoms with van der Waals surface area (Å²) < 4.78 is 11.7. The standard InChI is InChI=1S/C21H20N4O2/c1-13-9-17(12-26-13)27-21-18-5-4-16(10-14(18)6-8-23-21)25-20-19-15(11-24-20)3-2-7-22-19/h2-8,10,13,17H,9,11-12H2,1H3,(H,24,25)/t13-,17-/m0/s1. The largest absolute Gasteiger partial charge is 0.471 e. The highest BCUT2D eigenvalue weighted by Gasteiger charge is 2.24. The third kappa shape index (κ3) is 3.13. The van der Waals surface area contributed by atoms with Crippen molar-refractivity contribution in [3.8, 4) is 5.88 Å². The predicted octanol–water partition coefficient (Wildman–Crippen LogP) is 3.56. The molecule has 2 aliphatic rings. The van der Waals surface area contributed by atoms with Crippen molar-refractivity contribution in [3.05, 3.63) is 60.0 Å². The summed E-state index contributed by atoms with van der Waals surface area (Å²) in [4.78, 5) is 13.4. The lowest BCUT2D eigenvalue weighted by Crippen LogP contribution is -2.17. The third-order valence-electron chi connectivity index (χ3n) is 4.95. The van der Waals surface area contributed by atoms with Gasteiger partial charge in [0, 0.05) is 35.5 Å². The number of rotatable bonds is 3. The Bertz CT molecular complexity index is 1030. The Balaban J connectivity index is 1.40. The summed E-state index contributed by atoms with van der Waals surface area (Å²) >= 11 is 0. The van der Waals surface area contributed by atoms with Gasteiger partial charge in [-0.1, -0.05) is 6.07 Å². The van der Waals surface area contributed by atoms with Gasteiger partial charge in [-0.05, 0) is 42.6 Å². The molecule has 2 atom stereocenters. The maximum Gasteiger partial charge on any atom is 0.221 e. The lowest BCUT2D eigenvalue weighted by molar-refractivity contribution is 0.103. The van der Waals surface area contributed by atoms with Crippen LogP contribution in [-0.4, -0.2) is 34.6 Å². The summed E-state index contributed by atoms with van der Waals surface area (Å²) in [6.45, 7) is 3.35. The summed E-state index contributed by atoms with van der Waals surface area (Å²) in [5.41, 5.74) is 3.04. The van der Waals surface area contributed by atoms with E-state index in [1.165, 1.54) is 0 Å². The first-order chi connectivity index (χ1) is 13.3. The van der Waals surface area contributed by atoms with E-state index >= 15 is 0 Å². The van der Waals surface area contributed by atoms with Gasteiger partial charge < -0.3 is 14.8 Å². The first-order valence-corrected chi connectivity index (χ1v) is 9.19. The molecular formula is C21H20N4O2. The molecule has 3 aromatic rings. The highest BCUT2D eigenvalue weighted by molar-refractivity contribution is 6.10. The van der Waals surface area contributed by atoms with Gasteiger partial charge >= 0.3 is 0 Å². The number of pyridine rings is 2. The highest BCUT2D eigenvalue weighted by atomic mass is 16.6. The average Bonchev–Trinajstić information content (AvgIpc) is 3.28. The summed E-state index contributed by atoms with van der Waals surface area (Å²) in [6.07, 6.45) is 4.77. The Morgan fingerprint density at radius 3 is 3.00 bits per heavy atom. The minimum atomic E-state index is 0.0614. The summed E-state index contributed by atoms with van der Waals surface area (Å²) in [6, 6.07) is 12.1. The molecule has 6 nitrogen and oxygen atoms in total. The molecule has 0 saturated carbocycles. The Hall–Kier alpha value is -2.99. The monoisotopic (exact) mass is 360 g/mol. The molecule has 6 heteroatoms. The zero-order valence-corrected chi connectivity index (χ0v) is 15.1. The van der Waals surface area contributed by atoms with Gasteiger partial charge in [-0.3, -0.25) is 9.98 Å². The van der Waals surface area contributed by atoms with Crippen molar-refractivity contribution in [2.24, 2.45) is 4.99 Å². The van der Waals surface area contributed by atoms with Crippen LogP contribution in [0.5, 0.6) is 5.88 Å². The molecule has 0 bridgehead atoms. The number of fused-ring (bicyclic) bond motifs is 2. The molecule has 5 rings (SSSR count). The Morgan fingerprint density at radius 2 is 2.11 bits per heavy atom. The Kier molecular flexibility index (Phi) is 3.98. The number of hydrogen-bond acceptors (Lipinski definition) is 6. The summed E-state index contributed by atoms with van der Waals surface area (Å²) in [7, 11) is 0. The molecule has 1 saturated heterocycles. The lowest BCUT2D eigenvalue weighted by Gasteiger charge is -2.14. The van der Waals surface area contributed by atoms with Gasteiger partial charge in [0.25, 0.3) is 0 Å². The van der Waals surface area contributed by atoms with Crippen LogP contribution in [0.3, 0.4) is 0 Å². The van der Waals surface area contributed by atoms with Crippen molar-refractivity contribution in [2.75, 3.05) is 11.9 Å². The van der Waals surface area contributed by atoms with Crippen molar-refractivity contribution in [1.29, 1.82) is 0 Å². The fraction of sp³-hybridized carbons (Fsp3) is 0.286. The van der Waals surface area contributed by atoms with Crippen LogP contribution < -0.4 is 10.1 Å². The number of anilines is 1. The van der Waals surface area contributed by atoms with Gasteiger partial charge in [0.1, 0.15) is 11.8 Å². The average molecular weight is 360 g/mol. The highest BCUT2D eigenvalue weighted by Crippen LogP contribution is 2.29. The molecule has 2 aliphatic heterocycles. The number of benzene rings is 1. The molecule has 0 radical (unpaired) electrons. The topological polar surface area (TPSA) is 68.6 Å². The number of nitrogens with zero attached hydrogens (tertiary/aromatic N) is 3. The molecule has 0 spiro atoms. The zero-order valence-electron chi connectivity index (χ0n) is 15.1. The minimum Gasteiger partial charge on any atom is -0.471 e. The number of ether oxygens (including phenoxy) is 2. The van der Waals surface area contributed by atoms with E-state index in [-0.39, 0.29) is 12.2 Å². The van der Waals surface area contributed by atoms with Crippen LogP contribution in [0.25, 0.3) is 10.8 Å². The second-order valence-corrected chi connectivity index (χ2v) is 6.97. The van der Waals surface area contributed by atoms with E-state index < -0.39 is 0 Å². The van der Waals surface area contributed by atoms with Crippen molar-refractivity contribution in [2.45, 2.75) is 32.1 Å². The van der Waals surface area contributed by atoms with Crippen LogP contribution >= 0.6 is 0 Å².